The predicted octanol–water partition coefficient (Wildman–Crippen LogP) is 1.17. The molecule has 2 aliphatic heterocycles. The standard InChI is InChI=1S/C19H25N5O/c25-19-12-18(20-15-21-19)24-10-8-23(9-11-24)17-6-7-22(14-17)13-16-4-2-1-3-5-16/h1-5,12,15,17H,6-11,13-14H2,(H,20,21,25). The van der Waals surface area contributed by atoms with Crippen LogP contribution in [0.2, 0.25) is 0 Å². The van der Waals surface area contributed by atoms with E-state index in [9.17, 15) is 4.79 Å². The van der Waals surface area contributed by atoms with Crippen molar-refractivity contribution in [3.63, 3.8) is 0 Å². The molecule has 0 amide bonds. The van der Waals surface area contributed by atoms with Gasteiger partial charge in [-0.1, -0.05) is 30.3 Å². The van der Waals surface area contributed by atoms with Crippen LogP contribution < -0.4 is 10.5 Å². The minimum absolute atomic E-state index is 0.0835. The molecule has 1 unspecified atom stereocenters. The SMILES string of the molecule is O=c1cc(N2CCN(C3CCN(Cc4ccccc4)C3)CC2)nc[nH]1. The Morgan fingerprint density at radius 3 is 2.64 bits per heavy atom. The highest BCUT2D eigenvalue weighted by atomic mass is 16.1. The van der Waals surface area contributed by atoms with Crippen LogP contribution in [0.5, 0.6) is 0 Å². The highest BCUT2D eigenvalue weighted by molar-refractivity contribution is 5.37. The molecule has 4 rings (SSSR count). The smallest absolute Gasteiger partial charge is 0.252 e. The zero-order valence-electron chi connectivity index (χ0n) is 14.5. The fourth-order valence-corrected chi connectivity index (χ4v) is 3.94. The second-order valence-corrected chi connectivity index (χ2v) is 6.96. The van der Waals surface area contributed by atoms with Gasteiger partial charge in [-0.15, -0.1) is 0 Å². The largest absolute Gasteiger partial charge is 0.354 e. The molecule has 1 N–H and O–H groups in total. The average Bonchev–Trinajstić information content (AvgIpc) is 3.11. The van der Waals surface area contributed by atoms with E-state index < -0.39 is 0 Å². The van der Waals surface area contributed by atoms with Gasteiger partial charge in [-0.3, -0.25) is 14.6 Å². The molecule has 2 saturated heterocycles. The summed E-state index contributed by atoms with van der Waals surface area (Å²) in [5, 5.41) is 0. The number of aromatic nitrogens is 2. The molecule has 0 saturated carbocycles. The molecular weight excluding hydrogens is 314 g/mol. The first kappa shape index (κ1) is 16.3. The Hall–Kier alpha value is -2.18. The van der Waals surface area contributed by atoms with Crippen LogP contribution in [0.15, 0.2) is 47.5 Å². The maximum absolute atomic E-state index is 11.5. The molecule has 1 atom stereocenters. The number of piperazine rings is 1. The van der Waals surface area contributed by atoms with E-state index in [1.54, 1.807) is 6.07 Å². The summed E-state index contributed by atoms with van der Waals surface area (Å²) in [4.78, 5) is 25.7. The number of rotatable bonds is 4. The molecular formula is C19H25N5O. The Labute approximate surface area is 148 Å². The third-order valence-electron chi connectivity index (χ3n) is 5.31. The van der Waals surface area contributed by atoms with E-state index >= 15 is 0 Å². The van der Waals surface area contributed by atoms with Crippen molar-refractivity contribution in [3.8, 4) is 0 Å². The lowest BCUT2D eigenvalue weighted by molar-refractivity contribution is 0.181. The normalized spacial score (nSPS) is 22.4. The Bertz CT molecular complexity index is 739. The summed E-state index contributed by atoms with van der Waals surface area (Å²) < 4.78 is 0. The average molecular weight is 339 g/mol. The third kappa shape index (κ3) is 3.91. The monoisotopic (exact) mass is 339 g/mol. The van der Waals surface area contributed by atoms with Gasteiger partial charge in [-0.25, -0.2) is 4.98 Å². The van der Waals surface area contributed by atoms with Crippen LogP contribution in [0.4, 0.5) is 5.82 Å². The molecule has 3 heterocycles. The maximum atomic E-state index is 11.5. The van der Waals surface area contributed by atoms with Crippen molar-refractivity contribution >= 4 is 5.82 Å². The molecule has 132 valence electrons. The number of nitrogens with one attached hydrogen (secondary N) is 1. The van der Waals surface area contributed by atoms with Crippen LogP contribution in [0.3, 0.4) is 0 Å². The molecule has 0 bridgehead atoms. The number of nitrogens with zero attached hydrogens (tertiary/aromatic N) is 4. The van der Waals surface area contributed by atoms with E-state index in [1.165, 1.54) is 24.9 Å². The number of benzene rings is 1. The fraction of sp³-hybridized carbons (Fsp3) is 0.474. The van der Waals surface area contributed by atoms with Crippen LogP contribution in [0.25, 0.3) is 0 Å². The minimum atomic E-state index is -0.0835. The molecule has 6 heteroatoms. The van der Waals surface area contributed by atoms with Crippen molar-refractivity contribution in [1.29, 1.82) is 0 Å². The van der Waals surface area contributed by atoms with E-state index in [4.69, 9.17) is 0 Å². The first-order chi connectivity index (χ1) is 12.3. The Morgan fingerprint density at radius 2 is 1.88 bits per heavy atom. The summed E-state index contributed by atoms with van der Waals surface area (Å²) >= 11 is 0. The summed E-state index contributed by atoms with van der Waals surface area (Å²) in [6, 6.07) is 13.0. The molecule has 25 heavy (non-hydrogen) atoms. The van der Waals surface area contributed by atoms with E-state index in [1.807, 2.05) is 0 Å². The summed E-state index contributed by atoms with van der Waals surface area (Å²) in [6.45, 7) is 7.33. The van der Waals surface area contributed by atoms with E-state index in [0.717, 1.165) is 45.1 Å². The Kier molecular flexibility index (Phi) is 4.81. The van der Waals surface area contributed by atoms with Gasteiger partial charge in [-0.05, 0) is 12.0 Å². The van der Waals surface area contributed by atoms with Gasteiger partial charge in [0.1, 0.15) is 5.82 Å². The molecule has 6 nitrogen and oxygen atoms in total. The summed E-state index contributed by atoms with van der Waals surface area (Å²) in [6.07, 6.45) is 2.73. The van der Waals surface area contributed by atoms with E-state index in [2.05, 4.69) is 55.0 Å². The van der Waals surface area contributed by atoms with Gasteiger partial charge < -0.3 is 9.88 Å². The van der Waals surface area contributed by atoms with Crippen molar-refractivity contribution < 1.29 is 0 Å². The van der Waals surface area contributed by atoms with E-state index in [0.29, 0.717) is 6.04 Å². The Balaban J connectivity index is 1.29. The van der Waals surface area contributed by atoms with Crippen molar-refractivity contribution in [2.75, 3.05) is 44.2 Å². The molecule has 1 aromatic heterocycles. The molecule has 0 aliphatic carbocycles. The van der Waals surface area contributed by atoms with Crippen molar-refractivity contribution in [3.05, 3.63) is 58.6 Å². The number of aromatic amines is 1. The van der Waals surface area contributed by atoms with Gasteiger partial charge in [0.15, 0.2) is 0 Å². The molecule has 2 fully saturated rings. The quantitative estimate of drug-likeness (QED) is 0.906. The van der Waals surface area contributed by atoms with Crippen LogP contribution in [0, 0.1) is 0 Å². The highest BCUT2D eigenvalue weighted by Crippen LogP contribution is 2.20. The zero-order chi connectivity index (χ0) is 17.1. The lowest BCUT2D eigenvalue weighted by atomic mass is 10.2. The molecule has 0 radical (unpaired) electrons. The van der Waals surface area contributed by atoms with Crippen molar-refractivity contribution in [2.45, 2.75) is 19.0 Å². The van der Waals surface area contributed by atoms with Gasteiger partial charge in [0, 0.05) is 57.9 Å². The molecule has 1 aromatic carbocycles. The van der Waals surface area contributed by atoms with Crippen molar-refractivity contribution in [1.82, 2.24) is 19.8 Å². The van der Waals surface area contributed by atoms with Gasteiger partial charge in [-0.2, -0.15) is 0 Å². The minimum Gasteiger partial charge on any atom is -0.354 e. The predicted molar refractivity (Wildman–Crippen MR) is 98.8 cm³/mol. The maximum Gasteiger partial charge on any atom is 0.252 e. The first-order valence-corrected chi connectivity index (χ1v) is 9.08. The molecule has 2 aromatic rings. The van der Waals surface area contributed by atoms with Gasteiger partial charge in [0.25, 0.3) is 5.56 Å². The fourth-order valence-electron chi connectivity index (χ4n) is 3.94. The highest BCUT2D eigenvalue weighted by Gasteiger charge is 2.30. The Morgan fingerprint density at radius 1 is 1.08 bits per heavy atom. The lowest BCUT2D eigenvalue weighted by Crippen LogP contribution is -2.51. The van der Waals surface area contributed by atoms with Crippen molar-refractivity contribution in [2.24, 2.45) is 0 Å². The van der Waals surface area contributed by atoms with Crippen LogP contribution in [-0.4, -0.2) is 65.1 Å². The number of anilines is 1. The zero-order valence-corrected chi connectivity index (χ0v) is 14.5. The third-order valence-corrected chi connectivity index (χ3v) is 5.31. The second-order valence-electron chi connectivity index (χ2n) is 6.96. The summed E-state index contributed by atoms with van der Waals surface area (Å²) in [5.74, 6) is 0.792. The second kappa shape index (κ2) is 7.37. The summed E-state index contributed by atoms with van der Waals surface area (Å²) in [7, 11) is 0. The summed E-state index contributed by atoms with van der Waals surface area (Å²) in [5.41, 5.74) is 1.31. The van der Waals surface area contributed by atoms with Gasteiger partial charge in [0.2, 0.25) is 0 Å². The first-order valence-electron chi connectivity index (χ1n) is 9.08. The number of likely N-dealkylation sites (tertiary alicyclic amines) is 1. The van der Waals surface area contributed by atoms with Crippen LogP contribution in [-0.2, 0) is 6.54 Å². The van der Waals surface area contributed by atoms with Crippen LogP contribution in [0.1, 0.15) is 12.0 Å². The lowest BCUT2D eigenvalue weighted by Gasteiger charge is -2.38. The van der Waals surface area contributed by atoms with E-state index in [-0.39, 0.29) is 5.56 Å². The topological polar surface area (TPSA) is 55.5 Å². The van der Waals surface area contributed by atoms with Gasteiger partial charge in [0.05, 0.1) is 6.33 Å². The molecule has 0 spiro atoms. The number of H-pyrrole nitrogens is 1. The van der Waals surface area contributed by atoms with Crippen LogP contribution >= 0.6 is 0 Å². The molecule has 2 aliphatic rings. The number of hydrogen-bond acceptors (Lipinski definition) is 5. The number of hydrogen-bond donors (Lipinski definition) is 1. The van der Waals surface area contributed by atoms with Gasteiger partial charge >= 0.3 is 0 Å².